The van der Waals surface area contributed by atoms with Crippen LogP contribution in [0.3, 0.4) is 0 Å². The molecule has 0 saturated heterocycles. The number of hydrogen-bond donors (Lipinski definition) is 0. The van der Waals surface area contributed by atoms with Crippen LogP contribution in [0.1, 0.15) is 34.7 Å². The van der Waals surface area contributed by atoms with Crippen molar-refractivity contribution in [1.29, 1.82) is 0 Å². The Labute approximate surface area is 141 Å². The molecule has 3 rings (SSSR count). The Morgan fingerprint density at radius 2 is 1.71 bits per heavy atom. The molecule has 0 spiro atoms. The van der Waals surface area contributed by atoms with E-state index < -0.39 is 0 Å². The lowest BCUT2D eigenvalue weighted by Gasteiger charge is -2.10. The fraction of sp³-hybridized carbons (Fsp3) is 0.286. The Hall–Kier alpha value is -2.55. The first-order valence-electron chi connectivity index (χ1n) is 8.24. The third-order valence-electron chi connectivity index (χ3n) is 4.30. The molecule has 24 heavy (non-hydrogen) atoms. The van der Waals surface area contributed by atoms with Gasteiger partial charge in [-0.05, 0) is 50.5 Å². The lowest BCUT2D eigenvalue weighted by Crippen LogP contribution is -2.09. The fourth-order valence-corrected chi connectivity index (χ4v) is 3.19. The van der Waals surface area contributed by atoms with Gasteiger partial charge in [0.25, 0.3) is 0 Å². The third kappa shape index (κ3) is 3.21. The van der Waals surface area contributed by atoms with E-state index in [1.54, 1.807) is 6.07 Å². The molecule has 124 valence electrons. The Morgan fingerprint density at radius 3 is 2.38 bits per heavy atom. The molecule has 3 heteroatoms. The Kier molecular flexibility index (Phi) is 4.43. The van der Waals surface area contributed by atoms with E-state index in [9.17, 15) is 4.79 Å². The molecule has 0 bridgehead atoms. The maximum absolute atomic E-state index is 12.0. The van der Waals surface area contributed by atoms with E-state index in [1.807, 2.05) is 26.0 Å². The number of benzene rings is 2. The first kappa shape index (κ1) is 16.3. The second-order valence-electron chi connectivity index (χ2n) is 6.29. The highest BCUT2D eigenvalue weighted by Crippen LogP contribution is 2.25. The summed E-state index contributed by atoms with van der Waals surface area (Å²) < 4.78 is 11.3. The monoisotopic (exact) mass is 322 g/mol. The zero-order valence-corrected chi connectivity index (χ0v) is 14.6. The maximum atomic E-state index is 12.0. The molecule has 0 atom stereocenters. The highest BCUT2D eigenvalue weighted by atomic mass is 16.5. The van der Waals surface area contributed by atoms with Crippen molar-refractivity contribution in [3.63, 3.8) is 0 Å². The molecule has 0 saturated carbocycles. The van der Waals surface area contributed by atoms with Gasteiger partial charge < -0.3 is 9.15 Å². The molecule has 0 amide bonds. The average Bonchev–Trinajstić information content (AvgIpc) is 2.52. The van der Waals surface area contributed by atoms with E-state index in [0.29, 0.717) is 24.4 Å². The molecule has 2 aromatic carbocycles. The minimum absolute atomic E-state index is 0.256. The van der Waals surface area contributed by atoms with Crippen molar-refractivity contribution in [2.24, 2.45) is 0 Å². The van der Waals surface area contributed by atoms with Gasteiger partial charge >= 0.3 is 5.63 Å². The maximum Gasteiger partial charge on any atom is 0.339 e. The summed E-state index contributed by atoms with van der Waals surface area (Å²) in [4.78, 5) is 12.0. The van der Waals surface area contributed by atoms with Crippen LogP contribution in [0, 0.1) is 20.8 Å². The third-order valence-corrected chi connectivity index (χ3v) is 4.30. The average molecular weight is 322 g/mol. The van der Waals surface area contributed by atoms with E-state index in [4.69, 9.17) is 9.15 Å². The molecular weight excluding hydrogens is 300 g/mol. The number of ether oxygens (including phenoxy) is 1. The second kappa shape index (κ2) is 6.52. The summed E-state index contributed by atoms with van der Waals surface area (Å²) in [6.45, 7) is 8.58. The van der Waals surface area contributed by atoms with Crippen molar-refractivity contribution < 1.29 is 9.15 Å². The van der Waals surface area contributed by atoms with Crippen LogP contribution in [-0.2, 0) is 13.0 Å². The first-order chi connectivity index (χ1) is 11.5. The van der Waals surface area contributed by atoms with Gasteiger partial charge in [-0.15, -0.1) is 0 Å². The number of aryl methyl sites for hydroxylation is 3. The number of rotatable bonds is 4. The summed E-state index contributed by atoms with van der Waals surface area (Å²) in [6.07, 6.45) is 0.676. The van der Waals surface area contributed by atoms with Gasteiger partial charge in [0.05, 0.1) is 0 Å². The van der Waals surface area contributed by atoms with E-state index in [0.717, 1.165) is 22.1 Å². The van der Waals surface area contributed by atoms with Gasteiger partial charge in [0, 0.05) is 17.0 Å². The van der Waals surface area contributed by atoms with Gasteiger partial charge in [0.2, 0.25) is 0 Å². The zero-order valence-electron chi connectivity index (χ0n) is 14.6. The summed E-state index contributed by atoms with van der Waals surface area (Å²) in [5.74, 6) is 0.702. The van der Waals surface area contributed by atoms with E-state index in [2.05, 4.69) is 32.0 Å². The van der Waals surface area contributed by atoms with E-state index in [-0.39, 0.29) is 5.63 Å². The van der Waals surface area contributed by atoms with Crippen molar-refractivity contribution in [1.82, 2.24) is 0 Å². The summed E-state index contributed by atoms with van der Waals surface area (Å²) >= 11 is 0. The van der Waals surface area contributed by atoms with Crippen molar-refractivity contribution in [3.05, 3.63) is 74.6 Å². The smallest absolute Gasteiger partial charge is 0.339 e. The van der Waals surface area contributed by atoms with Crippen LogP contribution in [0.2, 0.25) is 0 Å². The largest absolute Gasteiger partial charge is 0.489 e. The lowest BCUT2D eigenvalue weighted by molar-refractivity contribution is 0.306. The zero-order chi connectivity index (χ0) is 17.3. The van der Waals surface area contributed by atoms with Crippen LogP contribution in [-0.4, -0.2) is 0 Å². The summed E-state index contributed by atoms with van der Waals surface area (Å²) in [6, 6.07) is 12.1. The predicted molar refractivity (Wildman–Crippen MR) is 96.8 cm³/mol. The molecule has 1 aromatic heterocycles. The molecule has 0 aliphatic carbocycles. The van der Waals surface area contributed by atoms with E-state index in [1.165, 1.54) is 11.1 Å². The van der Waals surface area contributed by atoms with Crippen molar-refractivity contribution in [2.75, 3.05) is 0 Å². The molecule has 3 nitrogen and oxygen atoms in total. The summed E-state index contributed by atoms with van der Waals surface area (Å²) in [5, 5.41) is 0.963. The summed E-state index contributed by atoms with van der Waals surface area (Å²) in [5.41, 5.74) is 5.63. The van der Waals surface area contributed by atoms with Crippen LogP contribution < -0.4 is 10.4 Å². The van der Waals surface area contributed by atoms with Crippen LogP contribution in [0.5, 0.6) is 5.75 Å². The van der Waals surface area contributed by atoms with Gasteiger partial charge in [0.1, 0.15) is 17.9 Å². The quantitative estimate of drug-likeness (QED) is 0.644. The molecule has 0 fully saturated rings. The number of fused-ring (bicyclic) bond motifs is 1. The SMILES string of the molecule is CCc1c(C)c2ccc(OCc3cc(C)cc(C)c3)cc2oc1=O. The molecule has 0 radical (unpaired) electrons. The van der Waals surface area contributed by atoms with Gasteiger partial charge in [-0.3, -0.25) is 0 Å². The van der Waals surface area contributed by atoms with Crippen LogP contribution >= 0.6 is 0 Å². The summed E-state index contributed by atoms with van der Waals surface area (Å²) in [7, 11) is 0. The minimum Gasteiger partial charge on any atom is -0.489 e. The highest BCUT2D eigenvalue weighted by Gasteiger charge is 2.10. The van der Waals surface area contributed by atoms with Crippen LogP contribution in [0.25, 0.3) is 11.0 Å². The number of hydrogen-bond acceptors (Lipinski definition) is 3. The van der Waals surface area contributed by atoms with Gasteiger partial charge in [-0.25, -0.2) is 4.79 Å². The van der Waals surface area contributed by atoms with Crippen LogP contribution in [0.4, 0.5) is 0 Å². The molecule has 0 aliphatic heterocycles. The first-order valence-corrected chi connectivity index (χ1v) is 8.24. The molecule has 0 unspecified atom stereocenters. The van der Waals surface area contributed by atoms with Crippen molar-refractivity contribution >= 4 is 11.0 Å². The Morgan fingerprint density at radius 1 is 1.00 bits per heavy atom. The molecule has 0 N–H and O–H groups in total. The van der Waals surface area contributed by atoms with Crippen molar-refractivity contribution in [2.45, 2.75) is 40.7 Å². The fourth-order valence-electron chi connectivity index (χ4n) is 3.19. The van der Waals surface area contributed by atoms with Crippen molar-refractivity contribution in [3.8, 4) is 5.75 Å². The molecule has 3 aromatic rings. The normalized spacial score (nSPS) is 11.0. The predicted octanol–water partition coefficient (Wildman–Crippen LogP) is 4.86. The highest BCUT2D eigenvalue weighted by molar-refractivity contribution is 5.82. The second-order valence-corrected chi connectivity index (χ2v) is 6.29. The Bertz CT molecular complexity index is 931. The standard InChI is InChI=1S/C21H22O3/c1-5-18-15(4)19-7-6-17(11-20(19)24-21(18)22)23-12-16-9-13(2)8-14(3)10-16/h6-11H,5,12H2,1-4H3. The molecule has 0 aliphatic rings. The topological polar surface area (TPSA) is 39.4 Å². The minimum atomic E-state index is -0.256. The van der Waals surface area contributed by atoms with E-state index >= 15 is 0 Å². The van der Waals surface area contributed by atoms with Gasteiger partial charge in [-0.1, -0.05) is 36.2 Å². The Balaban J connectivity index is 1.89. The van der Waals surface area contributed by atoms with Crippen LogP contribution in [0.15, 0.2) is 45.6 Å². The van der Waals surface area contributed by atoms with Gasteiger partial charge in [-0.2, -0.15) is 0 Å². The molecule has 1 heterocycles. The van der Waals surface area contributed by atoms with Gasteiger partial charge in [0.15, 0.2) is 0 Å². The lowest BCUT2D eigenvalue weighted by atomic mass is 10.0. The molecular formula is C21H22O3.